The van der Waals surface area contributed by atoms with E-state index in [1.165, 1.54) is 24.3 Å². The molecule has 0 amide bonds. The summed E-state index contributed by atoms with van der Waals surface area (Å²) in [6, 6.07) is 1.47. The van der Waals surface area contributed by atoms with E-state index in [1.54, 1.807) is 0 Å². The summed E-state index contributed by atoms with van der Waals surface area (Å²) in [7, 11) is 1.53. The molecule has 9 nitrogen and oxygen atoms in total. The number of aliphatic hydroxyl groups is 3. The number of aliphatic hydroxyl groups excluding tert-OH is 3. The van der Waals surface area contributed by atoms with Gasteiger partial charge in [-0.05, 0) is 6.07 Å². The number of anilines is 1. The molecule has 0 saturated carbocycles. The zero-order chi connectivity index (χ0) is 14.2. The molecule has 0 aromatic carbocycles. The fourth-order valence-corrected chi connectivity index (χ4v) is 1.90. The van der Waals surface area contributed by atoms with Gasteiger partial charge < -0.3 is 20.1 Å². The van der Waals surface area contributed by atoms with Crippen molar-refractivity contribution in [3.05, 3.63) is 22.7 Å². The molecule has 106 valence electrons. The summed E-state index contributed by atoms with van der Waals surface area (Å²) in [5.41, 5.74) is -0.676. The van der Waals surface area contributed by atoms with Crippen molar-refractivity contribution >= 4 is 5.82 Å². The van der Waals surface area contributed by atoms with E-state index in [1.807, 2.05) is 0 Å². The Balaban J connectivity index is 2.31. The minimum Gasteiger partial charge on any atom is -0.394 e. The maximum absolute atomic E-state index is 11.8. The van der Waals surface area contributed by atoms with E-state index in [2.05, 4.69) is 4.98 Å². The van der Waals surface area contributed by atoms with E-state index < -0.39 is 36.8 Å². The van der Waals surface area contributed by atoms with E-state index >= 15 is 0 Å². The van der Waals surface area contributed by atoms with E-state index in [-0.39, 0.29) is 5.82 Å². The molecular weight excluding hydrogens is 256 g/mol. The lowest BCUT2D eigenvalue weighted by Crippen LogP contribution is -2.37. The predicted octanol–water partition coefficient (Wildman–Crippen LogP) is -2.84. The lowest BCUT2D eigenvalue weighted by Gasteiger charge is -2.18. The van der Waals surface area contributed by atoms with Crippen LogP contribution >= 0.6 is 0 Å². The van der Waals surface area contributed by atoms with Crippen LogP contribution in [0.3, 0.4) is 0 Å². The first-order valence-electron chi connectivity index (χ1n) is 5.65. The third-order valence-electron chi connectivity index (χ3n) is 2.97. The van der Waals surface area contributed by atoms with Gasteiger partial charge in [-0.15, -0.1) is 0 Å². The average Bonchev–Trinajstić information content (AvgIpc) is 2.66. The topological polar surface area (TPSA) is 134 Å². The lowest BCUT2D eigenvalue weighted by molar-refractivity contribution is -0.0549. The Labute approximate surface area is 108 Å². The minimum atomic E-state index is -1.32. The van der Waals surface area contributed by atoms with Crippen molar-refractivity contribution in [2.45, 2.75) is 24.5 Å². The zero-order valence-corrected chi connectivity index (χ0v) is 10.2. The van der Waals surface area contributed by atoms with Gasteiger partial charge in [-0.3, -0.25) is 9.58 Å². The Morgan fingerprint density at radius 3 is 2.68 bits per heavy atom. The van der Waals surface area contributed by atoms with Crippen LogP contribution in [0.15, 0.2) is 17.1 Å². The molecule has 19 heavy (non-hydrogen) atoms. The van der Waals surface area contributed by atoms with Crippen LogP contribution in [0.2, 0.25) is 0 Å². The van der Waals surface area contributed by atoms with Gasteiger partial charge >= 0.3 is 5.69 Å². The monoisotopic (exact) mass is 272 g/mol. The van der Waals surface area contributed by atoms with Gasteiger partial charge in [-0.1, -0.05) is 0 Å². The number of rotatable bonds is 3. The number of nitrogens with zero attached hydrogens (tertiary/aromatic N) is 3. The highest BCUT2D eigenvalue weighted by Crippen LogP contribution is 2.28. The van der Waals surface area contributed by atoms with Crippen LogP contribution in [0.4, 0.5) is 5.82 Å². The van der Waals surface area contributed by atoms with Crippen molar-refractivity contribution in [2.24, 2.45) is 5.84 Å². The molecule has 9 heteroatoms. The molecule has 1 aromatic rings. The Bertz CT molecular complexity index is 505. The van der Waals surface area contributed by atoms with Crippen molar-refractivity contribution in [2.75, 3.05) is 18.7 Å². The van der Waals surface area contributed by atoms with Gasteiger partial charge in [0.1, 0.15) is 24.1 Å². The SMILES string of the molecule is CN(N)c1ccn(C2OC(CO)C(O)C2O)c(=O)n1. The molecule has 5 N–H and O–H groups in total. The number of nitrogens with two attached hydrogens (primary N) is 1. The molecule has 0 bridgehead atoms. The van der Waals surface area contributed by atoms with Crippen LogP contribution in [0.1, 0.15) is 6.23 Å². The summed E-state index contributed by atoms with van der Waals surface area (Å²) in [6.07, 6.45) is -3.26. The third-order valence-corrected chi connectivity index (χ3v) is 2.97. The van der Waals surface area contributed by atoms with Crippen molar-refractivity contribution in [1.29, 1.82) is 0 Å². The second-order valence-electron chi connectivity index (χ2n) is 4.32. The maximum atomic E-state index is 11.8. The van der Waals surface area contributed by atoms with Crippen LogP contribution in [-0.4, -0.2) is 56.8 Å². The Morgan fingerprint density at radius 2 is 2.21 bits per heavy atom. The molecule has 1 aromatic heterocycles. The molecule has 1 aliphatic heterocycles. The molecule has 2 rings (SSSR count). The number of ether oxygens (including phenoxy) is 1. The standard InChI is InChI=1S/C10H16N4O5/c1-13(11)6-2-3-14(10(18)12-6)9-8(17)7(16)5(4-15)19-9/h2-3,5,7-9,15-17H,4,11H2,1H3. The Kier molecular flexibility index (Phi) is 3.83. The molecular formula is C10H16N4O5. The number of hydrazine groups is 1. The van der Waals surface area contributed by atoms with Crippen LogP contribution in [0, 0.1) is 0 Å². The largest absolute Gasteiger partial charge is 0.394 e. The smallest absolute Gasteiger partial charge is 0.351 e. The Hall–Kier alpha value is -1.52. The van der Waals surface area contributed by atoms with Crippen molar-refractivity contribution in [3.8, 4) is 0 Å². The van der Waals surface area contributed by atoms with Gasteiger partial charge in [0.25, 0.3) is 0 Å². The summed E-state index contributed by atoms with van der Waals surface area (Å²) in [5, 5.41) is 29.6. The molecule has 4 atom stereocenters. The summed E-state index contributed by atoms with van der Waals surface area (Å²) in [5.74, 6) is 5.71. The van der Waals surface area contributed by atoms with E-state index in [0.717, 1.165) is 4.57 Å². The average molecular weight is 272 g/mol. The highest BCUT2D eigenvalue weighted by Gasteiger charge is 2.43. The normalized spacial score (nSPS) is 30.6. The van der Waals surface area contributed by atoms with Gasteiger partial charge in [0, 0.05) is 13.2 Å². The second-order valence-corrected chi connectivity index (χ2v) is 4.32. The van der Waals surface area contributed by atoms with Crippen molar-refractivity contribution in [1.82, 2.24) is 9.55 Å². The quantitative estimate of drug-likeness (QED) is 0.341. The predicted molar refractivity (Wildman–Crippen MR) is 64.1 cm³/mol. The molecule has 2 heterocycles. The van der Waals surface area contributed by atoms with Gasteiger partial charge in [0.15, 0.2) is 6.23 Å². The van der Waals surface area contributed by atoms with Crippen LogP contribution in [0.5, 0.6) is 0 Å². The molecule has 1 saturated heterocycles. The second kappa shape index (κ2) is 5.23. The van der Waals surface area contributed by atoms with Crippen molar-refractivity contribution < 1.29 is 20.1 Å². The molecule has 4 unspecified atom stereocenters. The minimum absolute atomic E-state index is 0.257. The first kappa shape index (κ1) is 13.9. The fraction of sp³-hybridized carbons (Fsp3) is 0.600. The molecule has 1 fully saturated rings. The highest BCUT2D eigenvalue weighted by molar-refractivity contribution is 5.32. The van der Waals surface area contributed by atoms with Crippen LogP contribution in [0.25, 0.3) is 0 Å². The van der Waals surface area contributed by atoms with E-state index in [0.29, 0.717) is 0 Å². The molecule has 1 aliphatic rings. The summed E-state index contributed by atoms with van der Waals surface area (Å²) in [6.45, 7) is -0.458. The summed E-state index contributed by atoms with van der Waals surface area (Å²) < 4.78 is 6.27. The number of hydrogen-bond donors (Lipinski definition) is 4. The van der Waals surface area contributed by atoms with E-state index in [4.69, 9.17) is 15.7 Å². The van der Waals surface area contributed by atoms with Gasteiger partial charge in [0.2, 0.25) is 0 Å². The maximum Gasteiger partial charge on any atom is 0.351 e. The van der Waals surface area contributed by atoms with Crippen molar-refractivity contribution in [3.63, 3.8) is 0 Å². The number of hydrogen-bond acceptors (Lipinski definition) is 8. The van der Waals surface area contributed by atoms with Gasteiger partial charge in [0.05, 0.1) is 6.61 Å². The lowest BCUT2D eigenvalue weighted by atomic mass is 10.1. The molecule has 0 aliphatic carbocycles. The fourth-order valence-electron chi connectivity index (χ4n) is 1.90. The van der Waals surface area contributed by atoms with Gasteiger partial charge in [-0.25, -0.2) is 10.6 Å². The molecule has 0 radical (unpaired) electrons. The highest BCUT2D eigenvalue weighted by atomic mass is 16.6. The van der Waals surface area contributed by atoms with Crippen LogP contribution < -0.4 is 16.5 Å². The zero-order valence-electron chi connectivity index (χ0n) is 10.2. The first-order chi connectivity index (χ1) is 8.95. The van der Waals surface area contributed by atoms with Gasteiger partial charge in [-0.2, -0.15) is 4.98 Å². The first-order valence-corrected chi connectivity index (χ1v) is 5.65. The number of aromatic nitrogens is 2. The Morgan fingerprint density at radius 1 is 1.53 bits per heavy atom. The van der Waals surface area contributed by atoms with Crippen LogP contribution in [-0.2, 0) is 4.74 Å². The van der Waals surface area contributed by atoms with E-state index in [9.17, 15) is 15.0 Å². The molecule has 0 spiro atoms. The third kappa shape index (κ3) is 2.46. The summed E-state index contributed by atoms with van der Waals surface area (Å²) >= 11 is 0. The summed E-state index contributed by atoms with van der Waals surface area (Å²) in [4.78, 5) is 15.5.